The minimum Gasteiger partial charge on any atom is -0.480 e. The number of fused-ring (bicyclic) bond motifs is 3. The number of halogens is 2. The van der Waals surface area contributed by atoms with Gasteiger partial charge in [0.1, 0.15) is 33.8 Å². The second-order valence-electron chi connectivity index (χ2n) is 13.4. The Labute approximate surface area is 281 Å². The Balaban J connectivity index is 1.43. The highest BCUT2D eigenvalue weighted by atomic mass is 19.1. The molecule has 1 saturated carbocycles. The molecular weight excluding hydrogens is 638 g/mol. The van der Waals surface area contributed by atoms with Crippen LogP contribution in [0.25, 0.3) is 32.9 Å². The van der Waals surface area contributed by atoms with Gasteiger partial charge in [-0.15, -0.1) is 6.42 Å². The molecule has 258 valence electrons. The van der Waals surface area contributed by atoms with E-state index in [-0.39, 0.29) is 76.3 Å². The molecule has 1 amide bonds. The van der Waals surface area contributed by atoms with Crippen molar-refractivity contribution in [2.45, 2.75) is 64.5 Å². The highest BCUT2D eigenvalue weighted by molar-refractivity contribution is 6.02. The number of aromatic amines is 1. The van der Waals surface area contributed by atoms with Gasteiger partial charge in [-0.2, -0.15) is 4.98 Å². The predicted molar refractivity (Wildman–Crippen MR) is 178 cm³/mol. The maximum Gasteiger partial charge on any atom is 0.410 e. The van der Waals surface area contributed by atoms with E-state index in [9.17, 15) is 14.0 Å². The minimum absolute atomic E-state index is 0.0930. The molecule has 2 aliphatic rings. The first-order valence-electron chi connectivity index (χ1n) is 16.0. The Morgan fingerprint density at radius 2 is 1.90 bits per heavy atom. The number of nitrogens with one attached hydrogen (secondary N) is 1. The summed E-state index contributed by atoms with van der Waals surface area (Å²) in [4.78, 5) is 39.7. The average Bonchev–Trinajstić information content (AvgIpc) is 3.50. The highest BCUT2D eigenvalue weighted by Crippen LogP contribution is 2.48. The number of hydrogen-bond donors (Lipinski definition) is 1. The first-order valence-corrected chi connectivity index (χ1v) is 16.0. The quantitative estimate of drug-likeness (QED) is 0.168. The summed E-state index contributed by atoms with van der Waals surface area (Å²) in [7, 11) is 2.73. The van der Waals surface area contributed by atoms with Crippen molar-refractivity contribution in [3.05, 3.63) is 51.8 Å². The number of hydrogen-bond acceptors (Lipinski definition) is 9. The number of rotatable bonds is 8. The standard InChI is InChI=1S/C36H38F2N4O7/c1-7-22-24(37)12-11-20-16-21(48-19-45-5)17-23(26(20)22)29-28(38)30-27(32(39-29)46-6)31(43)41-33(40-30)47-18-36-13-8-10-25(36)42(15-9-14-36)34(44)49-35(2,3)4/h1,11-12,16-17,25H,8-10,13-15,18-19H2,2-6H3,(H,40,41,43)/t25-,36-/m1/s1. The summed E-state index contributed by atoms with van der Waals surface area (Å²) in [5.74, 6) is 0.763. The van der Waals surface area contributed by atoms with E-state index in [1.807, 2.05) is 20.8 Å². The minimum atomic E-state index is -0.977. The van der Waals surface area contributed by atoms with Crippen LogP contribution < -0.4 is 19.8 Å². The van der Waals surface area contributed by atoms with Crippen molar-refractivity contribution in [3.63, 3.8) is 0 Å². The van der Waals surface area contributed by atoms with E-state index < -0.39 is 28.2 Å². The molecule has 2 atom stereocenters. The lowest BCUT2D eigenvalue weighted by atomic mass is 9.75. The van der Waals surface area contributed by atoms with E-state index in [1.165, 1.54) is 32.4 Å². The van der Waals surface area contributed by atoms with Crippen LogP contribution in [0, 0.1) is 29.4 Å². The molecule has 4 aromatic rings. The molecule has 1 saturated heterocycles. The number of carbonyl (C=O) groups is 1. The SMILES string of the molecule is C#Cc1c(F)ccc2cc(OCOC)cc(-c3nc(OC)c4c(=O)[nH]c(OC[C@]56CCC[C@H]5N(C(=O)OC(C)(C)C)CCC6)nc4c3F)c12. The van der Waals surface area contributed by atoms with Crippen molar-refractivity contribution in [3.8, 4) is 41.2 Å². The monoisotopic (exact) mass is 676 g/mol. The van der Waals surface area contributed by atoms with Gasteiger partial charge in [0.2, 0.25) is 5.88 Å². The van der Waals surface area contributed by atoms with Crippen LogP contribution in [-0.2, 0) is 9.47 Å². The van der Waals surface area contributed by atoms with Crippen molar-refractivity contribution in [2.75, 3.05) is 34.2 Å². The van der Waals surface area contributed by atoms with Gasteiger partial charge in [-0.1, -0.05) is 18.4 Å². The molecule has 0 bridgehead atoms. The lowest BCUT2D eigenvalue weighted by molar-refractivity contribution is -0.0282. The van der Waals surface area contributed by atoms with Crippen molar-refractivity contribution < 1.29 is 37.3 Å². The number of aromatic nitrogens is 3. The second kappa shape index (κ2) is 13.2. The number of likely N-dealkylation sites (tertiary alicyclic amines) is 1. The summed E-state index contributed by atoms with van der Waals surface area (Å²) in [6.07, 6.45) is 9.36. The van der Waals surface area contributed by atoms with Crippen LogP contribution in [0.1, 0.15) is 58.4 Å². The van der Waals surface area contributed by atoms with E-state index in [0.717, 1.165) is 32.1 Å². The summed E-state index contributed by atoms with van der Waals surface area (Å²) >= 11 is 0. The van der Waals surface area contributed by atoms with E-state index in [2.05, 4.69) is 20.9 Å². The zero-order chi connectivity index (χ0) is 35.1. The van der Waals surface area contributed by atoms with Crippen molar-refractivity contribution in [1.82, 2.24) is 19.9 Å². The fourth-order valence-electron chi connectivity index (χ4n) is 7.12. The summed E-state index contributed by atoms with van der Waals surface area (Å²) in [6, 6.07) is 5.45. The number of benzene rings is 2. The molecule has 13 heteroatoms. The summed E-state index contributed by atoms with van der Waals surface area (Å²) < 4.78 is 59.6. The van der Waals surface area contributed by atoms with Crippen LogP contribution in [0.5, 0.6) is 17.6 Å². The fourth-order valence-corrected chi connectivity index (χ4v) is 7.12. The van der Waals surface area contributed by atoms with E-state index in [1.54, 1.807) is 11.0 Å². The number of methoxy groups -OCH3 is 2. The van der Waals surface area contributed by atoms with Crippen LogP contribution >= 0.6 is 0 Å². The van der Waals surface area contributed by atoms with Gasteiger partial charge >= 0.3 is 6.09 Å². The predicted octanol–water partition coefficient (Wildman–Crippen LogP) is 6.34. The molecule has 2 aromatic heterocycles. The van der Waals surface area contributed by atoms with E-state index >= 15 is 4.39 Å². The Hall–Kier alpha value is -4.96. The molecular formula is C36H38F2N4O7. The molecule has 3 heterocycles. The summed E-state index contributed by atoms with van der Waals surface area (Å²) in [5, 5.41) is 0.431. The molecule has 11 nitrogen and oxygen atoms in total. The van der Waals surface area contributed by atoms with Gasteiger partial charge in [-0.05, 0) is 70.0 Å². The van der Waals surface area contributed by atoms with Crippen LogP contribution in [-0.4, -0.2) is 71.8 Å². The largest absolute Gasteiger partial charge is 0.480 e. The number of nitrogens with zero attached hydrogens (tertiary/aromatic N) is 3. The molecule has 0 unspecified atom stereocenters. The number of carbonyl (C=O) groups excluding carboxylic acids is 1. The first-order chi connectivity index (χ1) is 23.4. The number of ether oxygens (including phenoxy) is 5. The molecule has 49 heavy (non-hydrogen) atoms. The number of piperidine rings is 1. The Morgan fingerprint density at radius 1 is 1.12 bits per heavy atom. The van der Waals surface area contributed by atoms with Gasteiger partial charge in [0.05, 0.1) is 19.3 Å². The number of pyridine rings is 1. The Bertz CT molecular complexity index is 2040. The number of H-pyrrole nitrogens is 1. The topological polar surface area (TPSA) is 125 Å². The van der Waals surface area contributed by atoms with Gasteiger partial charge in [0.15, 0.2) is 12.6 Å². The van der Waals surface area contributed by atoms with Crippen molar-refractivity contribution in [2.24, 2.45) is 5.41 Å². The normalized spacial score (nSPS) is 19.1. The van der Waals surface area contributed by atoms with E-state index in [4.69, 9.17) is 30.1 Å². The lowest BCUT2D eigenvalue weighted by Gasteiger charge is -2.46. The number of terminal acetylenes is 1. The molecule has 0 radical (unpaired) electrons. The van der Waals surface area contributed by atoms with Crippen LogP contribution in [0.2, 0.25) is 0 Å². The van der Waals surface area contributed by atoms with Crippen molar-refractivity contribution >= 4 is 27.8 Å². The van der Waals surface area contributed by atoms with Crippen LogP contribution in [0.15, 0.2) is 29.1 Å². The molecule has 1 aliphatic carbocycles. The molecule has 2 aromatic carbocycles. The fraction of sp³-hybridized carbons (Fsp3) is 0.444. The highest BCUT2D eigenvalue weighted by Gasteiger charge is 2.50. The van der Waals surface area contributed by atoms with Crippen LogP contribution in [0.4, 0.5) is 13.6 Å². The van der Waals surface area contributed by atoms with Crippen molar-refractivity contribution in [1.29, 1.82) is 0 Å². The third-order valence-electron chi connectivity index (χ3n) is 9.15. The smallest absolute Gasteiger partial charge is 0.410 e. The van der Waals surface area contributed by atoms with E-state index in [0.29, 0.717) is 11.9 Å². The van der Waals surface area contributed by atoms with Gasteiger partial charge in [0, 0.05) is 36.1 Å². The third-order valence-corrected chi connectivity index (χ3v) is 9.15. The van der Waals surface area contributed by atoms with Gasteiger partial charge in [-0.3, -0.25) is 9.78 Å². The zero-order valence-electron chi connectivity index (χ0n) is 28.1. The second-order valence-corrected chi connectivity index (χ2v) is 13.4. The molecule has 2 fully saturated rings. The van der Waals surface area contributed by atoms with Gasteiger partial charge in [-0.25, -0.2) is 18.6 Å². The lowest BCUT2D eigenvalue weighted by Crippen LogP contribution is -2.55. The van der Waals surface area contributed by atoms with Crippen LogP contribution in [0.3, 0.4) is 0 Å². The van der Waals surface area contributed by atoms with Gasteiger partial charge in [0.25, 0.3) is 11.6 Å². The first kappa shape index (κ1) is 33.9. The summed E-state index contributed by atoms with van der Waals surface area (Å²) in [5.41, 5.74) is -2.44. The zero-order valence-corrected chi connectivity index (χ0v) is 28.1. The number of amides is 1. The Morgan fingerprint density at radius 3 is 2.61 bits per heavy atom. The average molecular weight is 677 g/mol. The molecule has 6 rings (SSSR count). The maximum absolute atomic E-state index is 16.7. The molecule has 1 N–H and O–H groups in total. The summed E-state index contributed by atoms with van der Waals surface area (Å²) in [6.45, 7) is 6.09. The maximum atomic E-state index is 16.7. The molecule has 0 spiro atoms. The molecule has 1 aliphatic heterocycles. The Kier molecular flexibility index (Phi) is 9.11. The third kappa shape index (κ3) is 6.33. The van der Waals surface area contributed by atoms with Gasteiger partial charge < -0.3 is 28.6 Å².